The first-order valence-corrected chi connectivity index (χ1v) is 12.6. The van der Waals surface area contributed by atoms with Crippen LogP contribution in [0.4, 0.5) is 0 Å². The third kappa shape index (κ3) is 6.77. The van der Waals surface area contributed by atoms with Crippen molar-refractivity contribution in [1.29, 1.82) is 0 Å². The Bertz CT molecular complexity index is 1020. The van der Waals surface area contributed by atoms with Crippen LogP contribution in [0.5, 0.6) is 5.75 Å². The lowest BCUT2D eigenvalue weighted by molar-refractivity contribution is 0.0947. The summed E-state index contributed by atoms with van der Waals surface area (Å²) in [6, 6.07) is 15.0. The molecule has 1 amide bonds. The first kappa shape index (κ1) is 25.2. The number of sulfonamides is 1. The molecule has 9 heteroatoms. The van der Waals surface area contributed by atoms with Crippen LogP contribution in [0.15, 0.2) is 53.4 Å². The maximum absolute atomic E-state index is 12.6. The van der Waals surface area contributed by atoms with Gasteiger partial charge in [0.1, 0.15) is 10.6 Å². The smallest absolute Gasteiger partial charge is 0.251 e. The van der Waals surface area contributed by atoms with E-state index in [-0.39, 0.29) is 16.6 Å². The van der Waals surface area contributed by atoms with Crippen LogP contribution >= 0.6 is 0 Å². The highest BCUT2D eigenvalue weighted by atomic mass is 32.2. The van der Waals surface area contributed by atoms with Crippen LogP contribution in [0.1, 0.15) is 22.3 Å². The molecule has 33 heavy (non-hydrogen) atoms. The highest BCUT2D eigenvalue weighted by Crippen LogP contribution is 2.26. The van der Waals surface area contributed by atoms with Crippen molar-refractivity contribution in [2.45, 2.75) is 17.9 Å². The van der Waals surface area contributed by atoms with Gasteiger partial charge in [-0.3, -0.25) is 9.69 Å². The third-order valence-electron chi connectivity index (χ3n) is 5.84. The quantitative estimate of drug-likeness (QED) is 0.530. The number of piperazine rings is 1. The number of nitrogens with one attached hydrogen (secondary N) is 1. The van der Waals surface area contributed by atoms with Gasteiger partial charge in [-0.15, -0.1) is 0 Å². The zero-order valence-electron chi connectivity index (χ0n) is 19.7. The maximum Gasteiger partial charge on any atom is 0.251 e. The van der Waals surface area contributed by atoms with Crippen molar-refractivity contribution in [1.82, 2.24) is 19.4 Å². The van der Waals surface area contributed by atoms with Gasteiger partial charge in [-0.25, -0.2) is 12.7 Å². The molecule has 2 aromatic rings. The molecule has 3 rings (SSSR count). The molecule has 1 heterocycles. The molecule has 1 aliphatic rings. The summed E-state index contributed by atoms with van der Waals surface area (Å²) in [6.45, 7) is 6.55. The molecule has 0 aliphatic carbocycles. The highest BCUT2D eigenvalue weighted by Gasteiger charge is 2.24. The lowest BCUT2D eigenvalue weighted by atomic mass is 10.2. The number of carbonyl (C=O) groups is 1. The average Bonchev–Trinajstić information content (AvgIpc) is 2.82. The zero-order valence-corrected chi connectivity index (χ0v) is 20.5. The summed E-state index contributed by atoms with van der Waals surface area (Å²) in [5.74, 6) is -0.0767. The predicted molar refractivity (Wildman–Crippen MR) is 129 cm³/mol. The lowest BCUT2D eigenvalue weighted by Crippen LogP contribution is -2.46. The van der Waals surface area contributed by atoms with Crippen LogP contribution in [0.3, 0.4) is 0 Å². The van der Waals surface area contributed by atoms with E-state index >= 15 is 0 Å². The van der Waals surface area contributed by atoms with Gasteiger partial charge in [0.05, 0.1) is 7.11 Å². The molecule has 0 spiro atoms. The number of hydrogen-bond donors (Lipinski definition) is 1. The Morgan fingerprint density at radius 3 is 2.33 bits per heavy atom. The van der Waals surface area contributed by atoms with Crippen LogP contribution in [0.25, 0.3) is 0 Å². The second kappa shape index (κ2) is 11.6. The monoisotopic (exact) mass is 474 g/mol. The fourth-order valence-electron chi connectivity index (χ4n) is 3.84. The van der Waals surface area contributed by atoms with Crippen molar-refractivity contribution in [3.05, 3.63) is 59.7 Å². The molecule has 8 nitrogen and oxygen atoms in total. The van der Waals surface area contributed by atoms with E-state index in [0.29, 0.717) is 12.1 Å². The second-order valence-electron chi connectivity index (χ2n) is 8.37. The van der Waals surface area contributed by atoms with Crippen LogP contribution in [-0.2, 0) is 16.6 Å². The zero-order chi connectivity index (χ0) is 23.8. The Kier molecular flexibility index (Phi) is 8.85. The van der Waals surface area contributed by atoms with E-state index < -0.39 is 10.0 Å². The second-order valence-corrected chi connectivity index (χ2v) is 10.5. The van der Waals surface area contributed by atoms with Gasteiger partial charge in [0.15, 0.2) is 0 Å². The third-order valence-corrected chi connectivity index (χ3v) is 7.67. The number of amides is 1. The van der Waals surface area contributed by atoms with Gasteiger partial charge in [0.2, 0.25) is 10.0 Å². The molecule has 1 fully saturated rings. The van der Waals surface area contributed by atoms with E-state index in [1.165, 1.54) is 38.9 Å². The molecular weight excluding hydrogens is 440 g/mol. The maximum atomic E-state index is 12.6. The summed E-state index contributed by atoms with van der Waals surface area (Å²) < 4.78 is 31.4. The molecule has 0 bridgehead atoms. The molecule has 0 aromatic heterocycles. The summed E-state index contributed by atoms with van der Waals surface area (Å²) in [4.78, 5) is 17.5. The molecule has 180 valence electrons. The van der Waals surface area contributed by atoms with Gasteiger partial charge < -0.3 is 15.0 Å². The molecule has 0 saturated carbocycles. The fourth-order valence-corrected chi connectivity index (χ4v) is 4.91. The Morgan fingerprint density at radius 2 is 1.70 bits per heavy atom. The summed E-state index contributed by atoms with van der Waals surface area (Å²) >= 11 is 0. The molecule has 1 N–H and O–H groups in total. The van der Waals surface area contributed by atoms with Gasteiger partial charge in [-0.1, -0.05) is 30.3 Å². The number of nitrogens with zero attached hydrogens (tertiary/aromatic N) is 3. The predicted octanol–water partition coefficient (Wildman–Crippen LogP) is 1.88. The summed E-state index contributed by atoms with van der Waals surface area (Å²) in [7, 11) is 0.581. The van der Waals surface area contributed by atoms with E-state index in [1.807, 2.05) is 6.07 Å². The summed E-state index contributed by atoms with van der Waals surface area (Å²) in [5, 5.41) is 2.90. The number of carbonyl (C=O) groups excluding carboxylic acids is 1. The molecule has 1 aliphatic heterocycles. The van der Waals surface area contributed by atoms with Crippen LogP contribution in [0.2, 0.25) is 0 Å². The Balaban J connectivity index is 1.44. The Morgan fingerprint density at radius 1 is 1.03 bits per heavy atom. The average molecular weight is 475 g/mol. The normalized spacial score (nSPS) is 15.5. The molecular formula is C24H34N4O4S. The first-order valence-electron chi connectivity index (χ1n) is 11.2. The van der Waals surface area contributed by atoms with Gasteiger partial charge in [0.25, 0.3) is 5.91 Å². The minimum Gasteiger partial charge on any atom is -0.495 e. The Hall–Kier alpha value is -2.46. The topological polar surface area (TPSA) is 82.2 Å². The molecule has 2 aromatic carbocycles. The first-order chi connectivity index (χ1) is 15.8. The van der Waals surface area contributed by atoms with E-state index in [1.54, 1.807) is 6.07 Å². The minimum atomic E-state index is -3.72. The fraction of sp³-hybridized carbons (Fsp3) is 0.458. The Labute approximate surface area is 197 Å². The van der Waals surface area contributed by atoms with Gasteiger partial charge >= 0.3 is 0 Å². The molecule has 0 unspecified atom stereocenters. The van der Waals surface area contributed by atoms with E-state index in [4.69, 9.17) is 4.74 Å². The van der Waals surface area contributed by atoms with Crippen molar-refractivity contribution in [3.63, 3.8) is 0 Å². The number of ether oxygens (including phenoxy) is 1. The minimum absolute atomic E-state index is 0.0176. The van der Waals surface area contributed by atoms with E-state index in [2.05, 4.69) is 39.4 Å². The van der Waals surface area contributed by atoms with Crippen molar-refractivity contribution in [2.75, 3.05) is 60.5 Å². The van der Waals surface area contributed by atoms with Crippen molar-refractivity contribution in [3.8, 4) is 5.75 Å². The van der Waals surface area contributed by atoms with Crippen molar-refractivity contribution in [2.24, 2.45) is 0 Å². The largest absolute Gasteiger partial charge is 0.495 e. The van der Waals surface area contributed by atoms with E-state index in [9.17, 15) is 13.2 Å². The SMILES string of the molecule is COc1ccc(C(=O)NCCCN2CCN(Cc3ccccc3)CC2)cc1S(=O)(=O)N(C)C. The number of rotatable bonds is 10. The molecule has 1 saturated heterocycles. The van der Waals surface area contributed by atoms with Gasteiger partial charge in [-0.2, -0.15) is 0 Å². The standard InChI is InChI=1S/C24H34N4O4S/c1-26(2)33(30,31)23-18-21(10-11-22(23)32-3)24(29)25-12-7-13-27-14-16-28(17-15-27)19-20-8-5-4-6-9-20/h4-6,8-11,18H,7,12-17,19H2,1-3H3,(H,25,29). The lowest BCUT2D eigenvalue weighted by Gasteiger charge is -2.34. The van der Waals surface area contributed by atoms with Crippen molar-refractivity contribution >= 4 is 15.9 Å². The van der Waals surface area contributed by atoms with Crippen molar-refractivity contribution < 1.29 is 17.9 Å². The highest BCUT2D eigenvalue weighted by molar-refractivity contribution is 7.89. The summed E-state index contributed by atoms with van der Waals surface area (Å²) in [6.07, 6.45) is 0.837. The van der Waals surface area contributed by atoms with Gasteiger partial charge in [-0.05, 0) is 36.7 Å². The number of hydrogen-bond acceptors (Lipinski definition) is 6. The van der Waals surface area contributed by atoms with Crippen LogP contribution in [0, 0.1) is 0 Å². The molecule has 0 radical (unpaired) electrons. The van der Waals surface area contributed by atoms with Crippen LogP contribution in [-0.4, -0.2) is 88.9 Å². The molecule has 0 atom stereocenters. The number of methoxy groups -OCH3 is 1. The number of benzene rings is 2. The summed E-state index contributed by atoms with van der Waals surface area (Å²) in [5.41, 5.74) is 1.64. The van der Waals surface area contributed by atoms with Crippen LogP contribution < -0.4 is 10.1 Å². The van der Waals surface area contributed by atoms with E-state index in [0.717, 1.165) is 50.0 Å². The van der Waals surface area contributed by atoms with Gasteiger partial charge in [0, 0.05) is 58.9 Å².